The second-order valence-electron chi connectivity index (χ2n) is 7.79. The molecule has 2 aromatic carbocycles. The molecule has 1 amide bonds. The molecule has 0 saturated carbocycles. The molecule has 1 heterocycles. The molecule has 0 radical (unpaired) electrons. The lowest BCUT2D eigenvalue weighted by molar-refractivity contribution is -0.145. The zero-order valence-electron chi connectivity index (χ0n) is 19.2. The van der Waals surface area contributed by atoms with Gasteiger partial charge in [-0.15, -0.1) is 11.3 Å². The molecule has 0 fully saturated rings. The highest BCUT2D eigenvalue weighted by Crippen LogP contribution is 2.32. The van der Waals surface area contributed by atoms with Crippen LogP contribution >= 0.6 is 22.9 Å². The van der Waals surface area contributed by atoms with Gasteiger partial charge >= 0.3 is 5.97 Å². The normalized spacial score (nSPS) is 10.7. The number of ether oxygens (including phenoxy) is 2. The molecule has 8 heteroatoms. The Morgan fingerprint density at radius 1 is 1.09 bits per heavy atom. The quantitative estimate of drug-likeness (QED) is 0.262. The first kappa shape index (κ1) is 24.7. The highest BCUT2D eigenvalue weighted by molar-refractivity contribution is 7.14. The summed E-state index contributed by atoms with van der Waals surface area (Å²) in [6.07, 6.45) is 0.778. The van der Waals surface area contributed by atoms with Crippen LogP contribution < -0.4 is 9.64 Å². The van der Waals surface area contributed by atoms with Crippen LogP contribution in [0.25, 0.3) is 0 Å². The monoisotopic (exact) mass is 486 g/mol. The molecule has 174 valence electrons. The molecule has 0 aliphatic carbocycles. The number of hydrogen-bond acceptors (Lipinski definition) is 6. The molecular formula is C25H27ClN2O4S. The van der Waals surface area contributed by atoms with Crippen molar-refractivity contribution in [1.82, 2.24) is 4.98 Å². The molecule has 0 aliphatic rings. The Balaban J connectivity index is 1.50. The maximum absolute atomic E-state index is 12.3. The Morgan fingerprint density at radius 3 is 2.58 bits per heavy atom. The lowest BCUT2D eigenvalue weighted by atomic mass is 10.1. The number of amides is 1. The summed E-state index contributed by atoms with van der Waals surface area (Å²) < 4.78 is 11.0. The maximum Gasteiger partial charge on any atom is 0.306 e. The molecule has 3 aromatic rings. The second kappa shape index (κ2) is 11.3. The molecule has 6 nitrogen and oxygen atoms in total. The fraction of sp³-hybridized carbons (Fsp3) is 0.320. The number of hydrogen-bond donors (Lipinski definition) is 0. The summed E-state index contributed by atoms with van der Waals surface area (Å²) in [6, 6.07) is 11.3. The van der Waals surface area contributed by atoms with Crippen molar-refractivity contribution in [2.75, 3.05) is 11.5 Å². The standard InChI is InChI=1S/C25H27ClN2O4S/c1-16-7-9-22(17(2)12-16)28(19(4)29)25-27-21(15-33-25)14-32-24(30)6-5-11-31-23-10-8-20(26)13-18(23)3/h7-10,12-13,15H,5-6,11,14H2,1-4H3. The third-order valence-corrected chi connectivity index (χ3v) is 6.05. The van der Waals surface area contributed by atoms with Crippen LogP contribution in [0.15, 0.2) is 41.8 Å². The lowest BCUT2D eigenvalue weighted by Crippen LogP contribution is -2.23. The zero-order valence-corrected chi connectivity index (χ0v) is 20.8. The van der Waals surface area contributed by atoms with Gasteiger partial charge in [0.2, 0.25) is 5.91 Å². The van der Waals surface area contributed by atoms with Crippen molar-refractivity contribution in [1.29, 1.82) is 0 Å². The van der Waals surface area contributed by atoms with E-state index in [9.17, 15) is 9.59 Å². The highest BCUT2D eigenvalue weighted by Gasteiger charge is 2.20. The van der Waals surface area contributed by atoms with E-state index in [0.29, 0.717) is 28.9 Å². The minimum absolute atomic E-state index is 0.0606. The van der Waals surface area contributed by atoms with Crippen LogP contribution in [0.3, 0.4) is 0 Å². The van der Waals surface area contributed by atoms with Gasteiger partial charge in [0.05, 0.1) is 18.0 Å². The molecule has 0 N–H and O–H groups in total. The van der Waals surface area contributed by atoms with Gasteiger partial charge in [-0.25, -0.2) is 4.98 Å². The summed E-state index contributed by atoms with van der Waals surface area (Å²) in [5.41, 5.74) is 4.46. The van der Waals surface area contributed by atoms with Crippen LogP contribution in [0.1, 0.15) is 42.1 Å². The van der Waals surface area contributed by atoms with E-state index in [0.717, 1.165) is 28.1 Å². The third-order valence-electron chi connectivity index (χ3n) is 4.94. The number of carbonyl (C=O) groups excluding carboxylic acids is 2. The Hall–Kier alpha value is -2.90. The predicted octanol–water partition coefficient (Wildman–Crippen LogP) is 6.31. The summed E-state index contributed by atoms with van der Waals surface area (Å²) in [5.74, 6) is 0.302. The number of carbonyl (C=O) groups is 2. The van der Waals surface area contributed by atoms with Gasteiger partial charge in [0.25, 0.3) is 0 Å². The van der Waals surface area contributed by atoms with Crippen LogP contribution in [0.5, 0.6) is 5.75 Å². The molecule has 0 unspecified atom stereocenters. The second-order valence-corrected chi connectivity index (χ2v) is 9.06. The molecule has 3 rings (SSSR count). The van der Waals surface area contributed by atoms with Crippen LogP contribution in [-0.2, 0) is 20.9 Å². The number of halogens is 1. The number of aryl methyl sites for hydroxylation is 3. The van der Waals surface area contributed by atoms with Gasteiger partial charge in [-0.05, 0) is 62.6 Å². The van der Waals surface area contributed by atoms with Gasteiger partial charge in [-0.3, -0.25) is 14.5 Å². The van der Waals surface area contributed by atoms with Crippen LogP contribution in [0, 0.1) is 20.8 Å². The maximum atomic E-state index is 12.3. The summed E-state index contributed by atoms with van der Waals surface area (Å²) in [7, 11) is 0. The van der Waals surface area contributed by atoms with E-state index in [-0.39, 0.29) is 24.9 Å². The molecule has 0 saturated heterocycles. The van der Waals surface area contributed by atoms with Gasteiger partial charge in [-0.1, -0.05) is 29.3 Å². The van der Waals surface area contributed by atoms with Crippen LogP contribution in [0.2, 0.25) is 5.02 Å². The highest BCUT2D eigenvalue weighted by atomic mass is 35.5. The zero-order chi connectivity index (χ0) is 24.0. The van der Waals surface area contributed by atoms with Crippen molar-refractivity contribution in [3.05, 3.63) is 69.2 Å². The number of thiazole rings is 1. The molecule has 0 bridgehead atoms. The van der Waals surface area contributed by atoms with E-state index in [4.69, 9.17) is 21.1 Å². The van der Waals surface area contributed by atoms with E-state index < -0.39 is 0 Å². The minimum atomic E-state index is -0.321. The number of aromatic nitrogens is 1. The number of nitrogens with zero attached hydrogens (tertiary/aromatic N) is 2. The Kier molecular flexibility index (Phi) is 8.47. The molecule has 1 aromatic heterocycles. The largest absolute Gasteiger partial charge is 0.493 e. The lowest BCUT2D eigenvalue weighted by Gasteiger charge is -2.20. The number of esters is 1. The van der Waals surface area contributed by atoms with E-state index in [1.54, 1.807) is 16.3 Å². The fourth-order valence-electron chi connectivity index (χ4n) is 3.33. The summed E-state index contributed by atoms with van der Waals surface area (Å²) >= 11 is 7.28. The number of anilines is 2. The number of benzene rings is 2. The summed E-state index contributed by atoms with van der Waals surface area (Å²) in [6.45, 7) is 7.87. The summed E-state index contributed by atoms with van der Waals surface area (Å²) in [5, 5.41) is 3.01. The first-order valence-electron chi connectivity index (χ1n) is 10.6. The minimum Gasteiger partial charge on any atom is -0.493 e. The van der Waals surface area contributed by atoms with Crippen molar-refractivity contribution in [3.8, 4) is 5.75 Å². The Bertz CT molecular complexity index is 1150. The van der Waals surface area contributed by atoms with Gasteiger partial charge in [0.1, 0.15) is 12.4 Å². The van der Waals surface area contributed by atoms with Gasteiger partial charge in [-0.2, -0.15) is 0 Å². The van der Waals surface area contributed by atoms with Crippen LogP contribution in [0.4, 0.5) is 10.8 Å². The SMILES string of the molecule is CC(=O)N(c1nc(COC(=O)CCCOc2ccc(Cl)cc2C)cs1)c1ccc(C)cc1C. The topological polar surface area (TPSA) is 68.7 Å². The Labute approximate surface area is 203 Å². The Morgan fingerprint density at radius 2 is 1.88 bits per heavy atom. The molecular weight excluding hydrogens is 460 g/mol. The van der Waals surface area contributed by atoms with Crippen molar-refractivity contribution >= 4 is 45.6 Å². The first-order valence-corrected chi connectivity index (χ1v) is 11.9. The average Bonchev–Trinajstić information content (AvgIpc) is 3.21. The van der Waals surface area contributed by atoms with Gasteiger partial charge < -0.3 is 9.47 Å². The van der Waals surface area contributed by atoms with E-state index in [1.165, 1.54) is 18.3 Å². The fourth-order valence-corrected chi connectivity index (χ4v) is 4.42. The van der Waals surface area contributed by atoms with E-state index in [2.05, 4.69) is 4.98 Å². The van der Waals surface area contributed by atoms with Crippen molar-refractivity contribution in [3.63, 3.8) is 0 Å². The first-order chi connectivity index (χ1) is 15.7. The molecule has 0 atom stereocenters. The van der Waals surface area contributed by atoms with E-state index in [1.807, 2.05) is 51.1 Å². The molecule has 0 aliphatic heterocycles. The van der Waals surface area contributed by atoms with E-state index >= 15 is 0 Å². The van der Waals surface area contributed by atoms with Gasteiger partial charge in [0.15, 0.2) is 5.13 Å². The number of rotatable bonds is 9. The third kappa shape index (κ3) is 6.79. The molecule has 33 heavy (non-hydrogen) atoms. The summed E-state index contributed by atoms with van der Waals surface area (Å²) in [4.78, 5) is 30.5. The average molecular weight is 487 g/mol. The molecule has 0 spiro atoms. The smallest absolute Gasteiger partial charge is 0.306 e. The van der Waals surface area contributed by atoms with Crippen molar-refractivity contribution < 1.29 is 19.1 Å². The van der Waals surface area contributed by atoms with Crippen molar-refractivity contribution in [2.45, 2.75) is 47.1 Å². The van der Waals surface area contributed by atoms with Gasteiger partial charge in [0, 0.05) is 23.7 Å². The van der Waals surface area contributed by atoms with Crippen LogP contribution in [-0.4, -0.2) is 23.5 Å². The van der Waals surface area contributed by atoms with Crippen molar-refractivity contribution in [2.24, 2.45) is 0 Å². The predicted molar refractivity (Wildman–Crippen MR) is 132 cm³/mol.